The molecule has 2 rings (SSSR count). The van der Waals surface area contributed by atoms with Crippen LogP contribution in [0.4, 0.5) is 5.95 Å². The summed E-state index contributed by atoms with van der Waals surface area (Å²) in [4.78, 5) is 10.8. The van der Waals surface area contributed by atoms with E-state index >= 15 is 0 Å². The molecule has 2 heterocycles. The highest BCUT2D eigenvalue weighted by atomic mass is 79.9. The Morgan fingerprint density at radius 3 is 2.93 bits per heavy atom. The smallest absolute Gasteiger partial charge is 0.225 e. The van der Waals surface area contributed by atoms with Crippen molar-refractivity contribution in [3.05, 3.63) is 16.9 Å². The van der Waals surface area contributed by atoms with E-state index in [0.29, 0.717) is 0 Å². The van der Waals surface area contributed by atoms with Gasteiger partial charge in [0.05, 0.1) is 10.6 Å². The van der Waals surface area contributed by atoms with Crippen molar-refractivity contribution in [1.29, 1.82) is 0 Å². The van der Waals surface area contributed by atoms with E-state index in [4.69, 9.17) is 4.74 Å². The van der Waals surface area contributed by atoms with Crippen LogP contribution in [0.5, 0.6) is 0 Å². The number of halogens is 1. The van der Waals surface area contributed by atoms with Gasteiger partial charge in [0, 0.05) is 32.1 Å². The zero-order valence-corrected chi connectivity index (χ0v) is 10.3. The molecule has 82 valence electrons. The molecule has 15 heavy (non-hydrogen) atoms. The first-order valence-corrected chi connectivity index (χ1v) is 5.89. The lowest BCUT2D eigenvalue weighted by Gasteiger charge is -2.21. The van der Waals surface area contributed by atoms with E-state index in [1.807, 2.05) is 0 Å². The van der Waals surface area contributed by atoms with Crippen molar-refractivity contribution in [1.82, 2.24) is 9.97 Å². The van der Waals surface area contributed by atoms with Gasteiger partial charge in [-0.3, -0.25) is 0 Å². The average Bonchev–Trinajstić information content (AvgIpc) is 2.44. The summed E-state index contributed by atoms with van der Waals surface area (Å²) >= 11 is 3.33. The highest BCUT2D eigenvalue weighted by Gasteiger charge is 2.16. The highest BCUT2D eigenvalue weighted by Crippen LogP contribution is 2.14. The monoisotopic (exact) mass is 271 g/mol. The molecule has 5 heteroatoms. The van der Waals surface area contributed by atoms with Gasteiger partial charge in [-0.15, -0.1) is 0 Å². The summed E-state index contributed by atoms with van der Waals surface area (Å²) in [5.41, 5.74) is 0. The van der Waals surface area contributed by atoms with Crippen LogP contribution in [0.3, 0.4) is 0 Å². The molecule has 0 amide bonds. The molecule has 1 aromatic rings. The van der Waals surface area contributed by atoms with E-state index in [1.165, 1.54) is 0 Å². The van der Waals surface area contributed by atoms with Gasteiger partial charge in [0.2, 0.25) is 5.95 Å². The number of hydrogen-bond donors (Lipinski definition) is 0. The molecule has 0 saturated carbocycles. The van der Waals surface area contributed by atoms with Crippen LogP contribution in [-0.2, 0) is 4.74 Å². The van der Waals surface area contributed by atoms with Crippen LogP contribution in [-0.4, -0.2) is 35.8 Å². The Hall–Kier alpha value is -0.680. The molecule has 0 bridgehead atoms. The maximum Gasteiger partial charge on any atom is 0.225 e. The van der Waals surface area contributed by atoms with Crippen LogP contribution in [0.2, 0.25) is 0 Å². The Balaban J connectivity index is 2.11. The normalized spacial score (nSPS) is 22.5. The van der Waals surface area contributed by atoms with E-state index in [0.717, 1.165) is 36.5 Å². The van der Waals surface area contributed by atoms with E-state index in [1.54, 1.807) is 12.4 Å². The molecule has 1 saturated heterocycles. The van der Waals surface area contributed by atoms with Crippen molar-refractivity contribution in [3.63, 3.8) is 0 Å². The van der Waals surface area contributed by atoms with Crippen LogP contribution >= 0.6 is 15.9 Å². The molecule has 0 spiro atoms. The minimum atomic E-state index is 0.250. The van der Waals surface area contributed by atoms with Crippen molar-refractivity contribution >= 4 is 21.9 Å². The van der Waals surface area contributed by atoms with Crippen molar-refractivity contribution in [3.8, 4) is 0 Å². The first-order chi connectivity index (χ1) is 7.25. The fourth-order valence-corrected chi connectivity index (χ4v) is 1.85. The van der Waals surface area contributed by atoms with E-state index in [2.05, 4.69) is 37.7 Å². The van der Waals surface area contributed by atoms with Gasteiger partial charge in [-0.05, 0) is 29.3 Å². The van der Waals surface area contributed by atoms with E-state index in [9.17, 15) is 0 Å². The Kier molecular flexibility index (Phi) is 3.53. The third-order valence-corrected chi connectivity index (χ3v) is 2.75. The topological polar surface area (TPSA) is 38.2 Å². The molecule has 1 aromatic heterocycles. The largest absolute Gasteiger partial charge is 0.377 e. The molecule has 0 radical (unpaired) electrons. The lowest BCUT2D eigenvalue weighted by molar-refractivity contribution is 0.0820. The molecule has 1 fully saturated rings. The Morgan fingerprint density at radius 1 is 1.47 bits per heavy atom. The maximum absolute atomic E-state index is 5.57. The molecule has 1 unspecified atom stereocenters. The van der Waals surface area contributed by atoms with Gasteiger partial charge in [0.1, 0.15) is 0 Å². The minimum absolute atomic E-state index is 0.250. The zero-order chi connectivity index (χ0) is 10.7. The lowest BCUT2D eigenvalue weighted by Crippen LogP contribution is -2.31. The van der Waals surface area contributed by atoms with Crippen LogP contribution in [0, 0.1) is 0 Å². The van der Waals surface area contributed by atoms with Gasteiger partial charge in [-0.25, -0.2) is 9.97 Å². The fourth-order valence-electron chi connectivity index (χ4n) is 1.64. The van der Waals surface area contributed by atoms with Crippen molar-refractivity contribution in [2.45, 2.75) is 19.4 Å². The van der Waals surface area contributed by atoms with Gasteiger partial charge in [-0.2, -0.15) is 0 Å². The molecular formula is C10H14BrN3O. The van der Waals surface area contributed by atoms with Gasteiger partial charge in [-0.1, -0.05) is 0 Å². The average molecular weight is 272 g/mol. The standard InChI is InChI=1S/C10H14BrN3O/c1-8-7-14(3-2-4-15-8)10-12-5-9(11)6-13-10/h5-6,8H,2-4,7H2,1H3. The second kappa shape index (κ2) is 4.90. The highest BCUT2D eigenvalue weighted by molar-refractivity contribution is 9.10. The number of nitrogens with zero attached hydrogens (tertiary/aromatic N) is 3. The van der Waals surface area contributed by atoms with Crippen molar-refractivity contribution < 1.29 is 4.74 Å². The zero-order valence-electron chi connectivity index (χ0n) is 8.69. The molecule has 0 aliphatic carbocycles. The van der Waals surface area contributed by atoms with Gasteiger partial charge in [0.15, 0.2) is 0 Å². The van der Waals surface area contributed by atoms with Gasteiger partial charge >= 0.3 is 0 Å². The third kappa shape index (κ3) is 2.89. The predicted molar refractivity (Wildman–Crippen MR) is 62.0 cm³/mol. The molecular weight excluding hydrogens is 258 g/mol. The summed E-state index contributed by atoms with van der Waals surface area (Å²) in [6.07, 6.45) is 4.83. The Bertz CT molecular complexity index is 317. The molecule has 1 atom stereocenters. The van der Waals surface area contributed by atoms with E-state index in [-0.39, 0.29) is 6.10 Å². The summed E-state index contributed by atoms with van der Waals surface area (Å²) in [5.74, 6) is 0.788. The van der Waals surface area contributed by atoms with Gasteiger partial charge < -0.3 is 9.64 Å². The van der Waals surface area contributed by atoms with Crippen LogP contribution < -0.4 is 4.90 Å². The van der Waals surface area contributed by atoms with Crippen LogP contribution in [0.25, 0.3) is 0 Å². The minimum Gasteiger partial charge on any atom is -0.377 e. The number of anilines is 1. The summed E-state index contributed by atoms with van der Waals surface area (Å²) in [5, 5.41) is 0. The van der Waals surface area contributed by atoms with E-state index < -0.39 is 0 Å². The number of rotatable bonds is 1. The number of aromatic nitrogens is 2. The number of hydrogen-bond acceptors (Lipinski definition) is 4. The lowest BCUT2D eigenvalue weighted by atomic mass is 10.3. The second-order valence-electron chi connectivity index (χ2n) is 3.68. The SMILES string of the molecule is CC1CN(c2ncc(Br)cn2)CCCO1. The molecule has 0 aromatic carbocycles. The van der Waals surface area contributed by atoms with Crippen LogP contribution in [0.1, 0.15) is 13.3 Å². The summed E-state index contributed by atoms with van der Waals surface area (Å²) in [7, 11) is 0. The summed E-state index contributed by atoms with van der Waals surface area (Å²) in [6.45, 7) is 4.74. The molecule has 4 nitrogen and oxygen atoms in total. The first kappa shape index (κ1) is 10.8. The molecule has 0 N–H and O–H groups in total. The molecule has 1 aliphatic rings. The van der Waals surface area contributed by atoms with Crippen molar-refractivity contribution in [2.75, 3.05) is 24.6 Å². The number of ether oxygens (including phenoxy) is 1. The van der Waals surface area contributed by atoms with Crippen molar-refractivity contribution in [2.24, 2.45) is 0 Å². The second-order valence-corrected chi connectivity index (χ2v) is 4.60. The molecule has 1 aliphatic heterocycles. The summed E-state index contributed by atoms with van der Waals surface area (Å²) < 4.78 is 6.48. The summed E-state index contributed by atoms with van der Waals surface area (Å²) in [6, 6.07) is 0. The van der Waals surface area contributed by atoms with Gasteiger partial charge in [0.25, 0.3) is 0 Å². The Labute approximate surface area is 97.8 Å². The third-order valence-electron chi connectivity index (χ3n) is 2.34. The predicted octanol–water partition coefficient (Wildman–Crippen LogP) is 1.85. The van der Waals surface area contributed by atoms with Crippen LogP contribution in [0.15, 0.2) is 16.9 Å². The maximum atomic E-state index is 5.57. The quantitative estimate of drug-likeness (QED) is 0.782. The fraction of sp³-hybridized carbons (Fsp3) is 0.600. The Morgan fingerprint density at radius 2 is 2.20 bits per heavy atom. The first-order valence-electron chi connectivity index (χ1n) is 5.10.